The minimum Gasteiger partial charge on any atom is -0.506 e. The van der Waals surface area contributed by atoms with Crippen molar-refractivity contribution in [1.82, 2.24) is 10.2 Å². The van der Waals surface area contributed by atoms with Crippen molar-refractivity contribution in [3.8, 4) is 5.75 Å². The highest BCUT2D eigenvalue weighted by molar-refractivity contribution is 7.15. The number of carbonyl (C=O) groups excluding carboxylic acids is 1. The number of nitrogens with zero attached hydrogens (tertiary/aromatic N) is 2. The lowest BCUT2D eigenvalue weighted by Crippen LogP contribution is -2.32. The second-order valence-corrected chi connectivity index (χ2v) is 6.15. The number of aliphatic hydroxyl groups is 2. The Morgan fingerprint density at radius 1 is 1.30 bits per heavy atom. The van der Waals surface area contributed by atoms with Gasteiger partial charge in [0.05, 0.1) is 11.1 Å². The number of rotatable bonds is 3. The molecule has 2 aromatic rings. The van der Waals surface area contributed by atoms with E-state index in [1.165, 1.54) is 0 Å². The van der Waals surface area contributed by atoms with Gasteiger partial charge in [-0.1, -0.05) is 11.3 Å². The van der Waals surface area contributed by atoms with Crippen molar-refractivity contribution in [2.45, 2.75) is 18.9 Å². The van der Waals surface area contributed by atoms with Crippen molar-refractivity contribution < 1.29 is 41.7 Å². The molecular weight excluding hydrogens is 401 g/mol. The molecule has 0 aliphatic carbocycles. The van der Waals surface area contributed by atoms with Crippen molar-refractivity contribution in [3.05, 3.63) is 39.9 Å². The Morgan fingerprint density at radius 3 is 2.59 bits per heavy atom. The van der Waals surface area contributed by atoms with Gasteiger partial charge in [0.25, 0.3) is 12.3 Å². The molecule has 0 spiro atoms. The van der Waals surface area contributed by atoms with Gasteiger partial charge in [-0.2, -0.15) is 13.2 Å². The molecule has 1 aromatic heterocycles. The molecule has 2 heterocycles. The van der Waals surface area contributed by atoms with Gasteiger partial charge in [-0.3, -0.25) is 10.1 Å². The fourth-order valence-electron chi connectivity index (χ4n) is 2.19. The van der Waals surface area contributed by atoms with E-state index in [4.69, 9.17) is 4.74 Å². The first-order valence-electron chi connectivity index (χ1n) is 7.00. The number of benzene rings is 1. The van der Waals surface area contributed by atoms with Gasteiger partial charge in [-0.05, 0) is 18.2 Å². The lowest BCUT2D eigenvalue weighted by atomic mass is 10.0. The lowest BCUT2D eigenvalue weighted by molar-refractivity contribution is -0.138. The van der Waals surface area contributed by atoms with Crippen LogP contribution in [0.4, 0.5) is 27.1 Å². The van der Waals surface area contributed by atoms with Gasteiger partial charge in [0, 0.05) is 0 Å². The third-order valence-electron chi connectivity index (χ3n) is 3.40. The zero-order valence-corrected chi connectivity index (χ0v) is 13.6. The molecule has 27 heavy (non-hydrogen) atoms. The van der Waals surface area contributed by atoms with Crippen molar-refractivity contribution in [1.29, 1.82) is 0 Å². The van der Waals surface area contributed by atoms with E-state index < -0.39 is 52.5 Å². The van der Waals surface area contributed by atoms with E-state index in [1.54, 1.807) is 0 Å². The third kappa shape index (κ3) is 3.68. The fourth-order valence-corrected chi connectivity index (χ4v) is 2.78. The summed E-state index contributed by atoms with van der Waals surface area (Å²) in [6, 6.07) is 2.08. The topological polar surface area (TPSA) is 105 Å². The number of halogens is 5. The first-order valence-corrected chi connectivity index (χ1v) is 7.82. The second kappa shape index (κ2) is 6.74. The van der Waals surface area contributed by atoms with Crippen LogP contribution in [0.1, 0.15) is 22.6 Å². The maximum atomic E-state index is 12.7. The smallest absolute Gasteiger partial charge is 0.416 e. The van der Waals surface area contributed by atoms with Crippen LogP contribution in [-0.4, -0.2) is 32.6 Å². The van der Waals surface area contributed by atoms with Crippen LogP contribution in [0.5, 0.6) is 5.75 Å². The van der Waals surface area contributed by atoms with Crippen molar-refractivity contribution >= 4 is 28.1 Å². The number of aromatic nitrogens is 2. The molecule has 1 atom stereocenters. The van der Waals surface area contributed by atoms with Crippen LogP contribution in [0.2, 0.25) is 0 Å². The molecule has 13 heteroatoms. The molecular formula is C14H8F5N3O4S. The van der Waals surface area contributed by atoms with Gasteiger partial charge in [-0.25, -0.2) is 8.78 Å². The van der Waals surface area contributed by atoms with Crippen LogP contribution in [0.3, 0.4) is 0 Å². The average Bonchev–Trinajstić information content (AvgIpc) is 3.02. The Morgan fingerprint density at radius 2 is 2.00 bits per heavy atom. The van der Waals surface area contributed by atoms with Gasteiger partial charge < -0.3 is 14.9 Å². The Bertz CT molecular complexity index is 928. The average molecular weight is 409 g/mol. The highest BCUT2D eigenvalue weighted by Gasteiger charge is 2.36. The predicted molar refractivity (Wildman–Crippen MR) is 81.1 cm³/mol. The molecule has 1 amide bonds. The van der Waals surface area contributed by atoms with Gasteiger partial charge in [0.2, 0.25) is 11.4 Å². The van der Waals surface area contributed by atoms with E-state index in [0.717, 1.165) is 6.07 Å². The van der Waals surface area contributed by atoms with Crippen LogP contribution >= 0.6 is 11.3 Å². The largest absolute Gasteiger partial charge is 0.506 e. The van der Waals surface area contributed by atoms with E-state index in [2.05, 4.69) is 10.2 Å². The summed E-state index contributed by atoms with van der Waals surface area (Å²) in [6.07, 6.45) is -9.68. The molecule has 0 bridgehead atoms. The maximum absolute atomic E-state index is 12.7. The Hall–Kier alpha value is -2.80. The number of fused-ring (bicyclic) bond motifs is 1. The van der Waals surface area contributed by atoms with Gasteiger partial charge in [0.1, 0.15) is 17.1 Å². The predicted octanol–water partition coefficient (Wildman–Crippen LogP) is 3.11. The van der Waals surface area contributed by atoms with Crippen LogP contribution in [0.25, 0.3) is 5.76 Å². The van der Waals surface area contributed by atoms with Crippen molar-refractivity contribution in [2.75, 3.05) is 5.32 Å². The summed E-state index contributed by atoms with van der Waals surface area (Å²) in [5.41, 5.74) is -2.07. The highest BCUT2D eigenvalue weighted by Crippen LogP contribution is 2.39. The Labute approximate surface area is 150 Å². The molecule has 1 unspecified atom stereocenters. The number of hydrogen-bond donors (Lipinski definition) is 3. The van der Waals surface area contributed by atoms with Gasteiger partial charge in [-0.15, -0.1) is 10.2 Å². The Balaban J connectivity index is 1.91. The quantitative estimate of drug-likeness (QED) is 0.673. The first kappa shape index (κ1) is 19.0. The minimum absolute atomic E-state index is 0.260. The molecule has 3 N–H and O–H groups in total. The number of nitrogens with one attached hydrogen (secondary N) is 1. The number of ether oxygens (including phenoxy) is 1. The van der Waals surface area contributed by atoms with Crippen molar-refractivity contribution in [3.63, 3.8) is 0 Å². The van der Waals surface area contributed by atoms with Crippen LogP contribution < -0.4 is 10.1 Å². The number of anilines is 1. The molecule has 0 fully saturated rings. The molecule has 144 valence electrons. The maximum Gasteiger partial charge on any atom is 0.416 e. The lowest BCUT2D eigenvalue weighted by Gasteiger charge is -2.25. The number of aliphatic hydroxyl groups excluding tert-OH is 2. The zero-order valence-electron chi connectivity index (χ0n) is 12.8. The zero-order chi connectivity index (χ0) is 19.9. The summed E-state index contributed by atoms with van der Waals surface area (Å²) in [7, 11) is 0. The summed E-state index contributed by atoms with van der Waals surface area (Å²) in [5, 5.41) is 27.6. The van der Waals surface area contributed by atoms with Gasteiger partial charge in [0.15, 0.2) is 5.01 Å². The van der Waals surface area contributed by atoms with E-state index >= 15 is 0 Å². The molecule has 0 saturated heterocycles. The minimum atomic E-state index is -4.68. The highest BCUT2D eigenvalue weighted by atomic mass is 32.1. The van der Waals surface area contributed by atoms with E-state index in [0.29, 0.717) is 23.5 Å². The fraction of sp³-hybridized carbons (Fsp3) is 0.214. The standard InChI is InChI=1S/C14H8F5N3O4S/c15-9(16)11-21-22-13(27-11)20-10(24)7-8(23)5-2-1-4(14(17,18)19)3-6(5)26-12(7)25/h1-3,9,12,23,25H,(H,20,22,24). The molecule has 0 radical (unpaired) electrons. The van der Waals surface area contributed by atoms with E-state index in [9.17, 15) is 37.0 Å². The summed E-state index contributed by atoms with van der Waals surface area (Å²) < 4.78 is 68.1. The Kier molecular flexibility index (Phi) is 4.73. The van der Waals surface area contributed by atoms with Crippen molar-refractivity contribution in [2.24, 2.45) is 0 Å². The molecule has 1 aliphatic heterocycles. The second-order valence-electron chi connectivity index (χ2n) is 5.14. The number of hydrogen-bond acceptors (Lipinski definition) is 7. The van der Waals surface area contributed by atoms with E-state index in [1.807, 2.05) is 5.32 Å². The number of alkyl halides is 5. The normalized spacial score (nSPS) is 16.9. The SMILES string of the molecule is O=C(Nc1nnc(C(F)F)s1)C1=C(O)c2ccc(C(F)(F)F)cc2OC1O. The molecule has 7 nitrogen and oxygen atoms in total. The summed E-state index contributed by atoms with van der Waals surface area (Å²) in [4.78, 5) is 12.2. The number of amides is 1. The van der Waals surface area contributed by atoms with Crippen LogP contribution in [0, 0.1) is 0 Å². The molecule has 1 aromatic carbocycles. The monoisotopic (exact) mass is 409 g/mol. The van der Waals surface area contributed by atoms with Gasteiger partial charge >= 0.3 is 6.18 Å². The molecule has 1 aliphatic rings. The van der Waals surface area contributed by atoms with E-state index in [-0.39, 0.29) is 10.7 Å². The first-order chi connectivity index (χ1) is 12.6. The molecule has 0 saturated carbocycles. The summed E-state index contributed by atoms with van der Waals surface area (Å²) >= 11 is 0.370. The van der Waals surface area contributed by atoms with Crippen LogP contribution in [0.15, 0.2) is 23.8 Å². The van der Waals surface area contributed by atoms with Crippen LogP contribution in [-0.2, 0) is 11.0 Å². The molecule has 3 rings (SSSR count). The summed E-state index contributed by atoms with van der Waals surface area (Å²) in [5.74, 6) is -2.46. The summed E-state index contributed by atoms with van der Waals surface area (Å²) in [6.45, 7) is 0. The number of carbonyl (C=O) groups is 1. The third-order valence-corrected chi connectivity index (χ3v) is 4.24.